The molecule has 8 nitrogen and oxygen atoms in total. The normalized spacial score (nSPS) is 13.0. The number of nitrogens with one attached hydrogen (secondary N) is 1. The number of fused-ring (bicyclic) bond motifs is 1. The van der Waals surface area contributed by atoms with E-state index in [1.54, 1.807) is 23.7 Å². The summed E-state index contributed by atoms with van der Waals surface area (Å²) in [6.07, 6.45) is 1.57. The molecule has 0 aliphatic carbocycles. The van der Waals surface area contributed by atoms with Crippen molar-refractivity contribution in [2.75, 3.05) is 23.5 Å². The number of aromatic nitrogens is 1. The first-order valence-electron chi connectivity index (χ1n) is 8.24. The number of nitrogens with zero attached hydrogens (tertiary/aromatic N) is 2. The number of carbonyl (C=O) groups excluding carboxylic acids is 1. The zero-order chi connectivity index (χ0) is 20.6. The first-order chi connectivity index (χ1) is 13.9. The van der Waals surface area contributed by atoms with Crippen molar-refractivity contribution in [1.82, 2.24) is 4.98 Å². The van der Waals surface area contributed by atoms with Gasteiger partial charge >= 0.3 is 0 Å². The molecule has 1 N–H and O–H groups in total. The van der Waals surface area contributed by atoms with Gasteiger partial charge in [-0.25, -0.2) is 17.7 Å². The third-order valence-corrected chi connectivity index (χ3v) is 6.85. The number of sulfonamides is 1. The van der Waals surface area contributed by atoms with Crippen LogP contribution in [0.1, 0.15) is 10.4 Å². The van der Waals surface area contributed by atoms with E-state index in [9.17, 15) is 13.2 Å². The molecule has 150 valence electrons. The predicted octanol–water partition coefficient (Wildman–Crippen LogP) is 3.60. The highest BCUT2D eigenvalue weighted by atomic mass is 35.5. The van der Waals surface area contributed by atoms with Crippen LogP contribution in [0.5, 0.6) is 11.5 Å². The van der Waals surface area contributed by atoms with Crippen LogP contribution < -0.4 is 19.1 Å². The third kappa shape index (κ3) is 3.61. The van der Waals surface area contributed by atoms with Gasteiger partial charge in [-0.05, 0) is 36.4 Å². The van der Waals surface area contributed by atoms with Crippen molar-refractivity contribution in [3.05, 3.63) is 58.6 Å². The number of ether oxygens (including phenoxy) is 2. The number of rotatable bonds is 5. The van der Waals surface area contributed by atoms with Crippen LogP contribution in [0.15, 0.2) is 52.9 Å². The Morgan fingerprint density at radius 3 is 2.86 bits per heavy atom. The Kier molecular flexibility index (Phi) is 5.07. The van der Waals surface area contributed by atoms with E-state index < -0.39 is 15.9 Å². The molecule has 0 unspecified atom stereocenters. The lowest BCUT2D eigenvalue weighted by molar-refractivity contribution is 0.102. The summed E-state index contributed by atoms with van der Waals surface area (Å²) in [5, 5.41) is 5.09. The van der Waals surface area contributed by atoms with E-state index in [1.807, 2.05) is 0 Å². The molecule has 0 saturated heterocycles. The minimum Gasteiger partial charge on any atom is -0.495 e. The van der Waals surface area contributed by atoms with Crippen LogP contribution in [0, 0.1) is 0 Å². The molecule has 11 heteroatoms. The molecule has 1 aromatic heterocycles. The van der Waals surface area contributed by atoms with E-state index in [0.717, 1.165) is 4.31 Å². The van der Waals surface area contributed by atoms with Crippen molar-refractivity contribution in [3.8, 4) is 11.5 Å². The molecule has 0 fully saturated rings. The lowest BCUT2D eigenvalue weighted by Gasteiger charge is -2.19. The van der Waals surface area contributed by atoms with Crippen molar-refractivity contribution >= 4 is 49.7 Å². The van der Waals surface area contributed by atoms with Gasteiger partial charge in [0.25, 0.3) is 15.9 Å². The molecule has 0 radical (unpaired) electrons. The highest BCUT2D eigenvalue weighted by Crippen LogP contribution is 2.40. The zero-order valence-electron chi connectivity index (χ0n) is 15.0. The fourth-order valence-electron chi connectivity index (χ4n) is 2.80. The van der Waals surface area contributed by atoms with E-state index >= 15 is 0 Å². The van der Waals surface area contributed by atoms with Crippen molar-refractivity contribution in [2.45, 2.75) is 4.90 Å². The van der Waals surface area contributed by atoms with Gasteiger partial charge in [0.1, 0.15) is 16.4 Å². The van der Waals surface area contributed by atoms with Crippen molar-refractivity contribution in [1.29, 1.82) is 0 Å². The second-order valence-electron chi connectivity index (χ2n) is 5.90. The van der Waals surface area contributed by atoms with Crippen LogP contribution in [0.3, 0.4) is 0 Å². The summed E-state index contributed by atoms with van der Waals surface area (Å²) in [6, 6.07) is 8.89. The lowest BCUT2D eigenvalue weighted by Crippen LogP contribution is -2.30. The van der Waals surface area contributed by atoms with Gasteiger partial charge in [0.15, 0.2) is 11.9 Å². The highest BCUT2D eigenvalue weighted by Gasteiger charge is 2.35. The molecular weight excluding hydrogens is 438 g/mol. The Labute approximate surface area is 175 Å². The maximum Gasteiger partial charge on any atom is 0.270 e. The Morgan fingerprint density at radius 1 is 1.31 bits per heavy atom. The summed E-state index contributed by atoms with van der Waals surface area (Å²) in [6.45, 7) is -0.231. The molecular formula is C18H14ClN3O5S2. The molecule has 0 bridgehead atoms. The molecule has 1 aliphatic rings. The van der Waals surface area contributed by atoms with Crippen LogP contribution in [0.2, 0.25) is 5.02 Å². The molecule has 0 spiro atoms. The predicted molar refractivity (Wildman–Crippen MR) is 110 cm³/mol. The number of halogens is 1. The molecule has 1 amide bonds. The summed E-state index contributed by atoms with van der Waals surface area (Å²) in [5.41, 5.74) is 0.515. The Hall–Kier alpha value is -2.82. The standard InChI is InChI=1S/C18H14ClN3O5S2/c1-26-15-5-3-12(19)9-16(15)29(24,25)22-10-27-14-4-2-11(8-13(14)22)17(23)21-18-20-6-7-28-18/h2-9H,10H2,1H3,(H,20,21,23). The fourth-order valence-corrected chi connectivity index (χ4v) is 5.07. The summed E-state index contributed by atoms with van der Waals surface area (Å²) < 4.78 is 38.3. The summed E-state index contributed by atoms with van der Waals surface area (Å²) in [5.74, 6) is 0.0909. The van der Waals surface area contributed by atoms with Gasteiger partial charge in [-0.15, -0.1) is 11.3 Å². The zero-order valence-corrected chi connectivity index (χ0v) is 17.3. The monoisotopic (exact) mass is 451 g/mol. The highest BCUT2D eigenvalue weighted by molar-refractivity contribution is 7.93. The van der Waals surface area contributed by atoms with Gasteiger partial charge in [0.05, 0.1) is 12.8 Å². The summed E-state index contributed by atoms with van der Waals surface area (Å²) in [7, 11) is -2.68. The molecule has 29 heavy (non-hydrogen) atoms. The second-order valence-corrected chi connectivity index (χ2v) is 9.06. The Balaban J connectivity index is 1.71. The molecule has 4 rings (SSSR count). The van der Waals surface area contributed by atoms with Gasteiger partial charge in [-0.1, -0.05) is 11.6 Å². The summed E-state index contributed by atoms with van der Waals surface area (Å²) in [4.78, 5) is 16.4. The minimum absolute atomic E-state index is 0.0957. The molecule has 2 heterocycles. The van der Waals surface area contributed by atoms with Crippen LogP contribution >= 0.6 is 22.9 Å². The number of amides is 1. The van der Waals surface area contributed by atoms with Crippen molar-refractivity contribution in [3.63, 3.8) is 0 Å². The van der Waals surface area contributed by atoms with Gasteiger partial charge < -0.3 is 9.47 Å². The van der Waals surface area contributed by atoms with E-state index in [4.69, 9.17) is 21.1 Å². The number of methoxy groups -OCH3 is 1. The van der Waals surface area contributed by atoms with Gasteiger partial charge in [-0.2, -0.15) is 0 Å². The van der Waals surface area contributed by atoms with E-state index in [2.05, 4.69) is 10.3 Å². The number of hydrogen-bond acceptors (Lipinski definition) is 7. The number of benzene rings is 2. The van der Waals surface area contributed by atoms with Gasteiger partial charge in [-0.3, -0.25) is 10.1 Å². The quantitative estimate of drug-likeness (QED) is 0.636. The Morgan fingerprint density at radius 2 is 2.14 bits per heavy atom. The van der Waals surface area contributed by atoms with Gasteiger partial charge in [0, 0.05) is 22.2 Å². The third-order valence-electron chi connectivity index (χ3n) is 4.17. The number of hydrogen-bond donors (Lipinski definition) is 1. The van der Waals surface area contributed by atoms with E-state index in [1.165, 1.54) is 42.7 Å². The Bertz CT molecular complexity index is 1180. The molecule has 3 aromatic rings. The summed E-state index contributed by atoms with van der Waals surface area (Å²) >= 11 is 7.27. The maximum atomic E-state index is 13.3. The van der Waals surface area contributed by atoms with E-state index in [-0.39, 0.29) is 33.6 Å². The van der Waals surface area contributed by atoms with Crippen molar-refractivity contribution in [2.24, 2.45) is 0 Å². The first kappa shape index (κ1) is 19.5. The van der Waals surface area contributed by atoms with E-state index in [0.29, 0.717) is 10.9 Å². The lowest BCUT2D eigenvalue weighted by atomic mass is 10.2. The molecule has 0 atom stereocenters. The van der Waals surface area contributed by atoms with Crippen LogP contribution in [-0.2, 0) is 10.0 Å². The molecule has 0 saturated carbocycles. The van der Waals surface area contributed by atoms with Crippen LogP contribution in [0.4, 0.5) is 10.8 Å². The topological polar surface area (TPSA) is 97.8 Å². The molecule has 1 aliphatic heterocycles. The van der Waals surface area contributed by atoms with Crippen LogP contribution in [0.25, 0.3) is 0 Å². The number of carbonyl (C=O) groups is 1. The number of thiazole rings is 1. The maximum absolute atomic E-state index is 13.3. The van der Waals surface area contributed by atoms with Crippen LogP contribution in [-0.4, -0.2) is 33.1 Å². The average Bonchev–Trinajstić information content (AvgIpc) is 3.37. The SMILES string of the molecule is COc1ccc(Cl)cc1S(=O)(=O)N1COc2ccc(C(=O)Nc3nccs3)cc21. The average molecular weight is 452 g/mol. The van der Waals surface area contributed by atoms with Crippen molar-refractivity contribution < 1.29 is 22.7 Å². The number of anilines is 2. The second kappa shape index (κ2) is 7.54. The smallest absolute Gasteiger partial charge is 0.270 e. The largest absolute Gasteiger partial charge is 0.495 e. The first-order valence-corrected chi connectivity index (χ1v) is 10.9. The fraction of sp³-hybridized carbons (Fsp3) is 0.111. The minimum atomic E-state index is -4.05. The van der Waals surface area contributed by atoms with Gasteiger partial charge in [0.2, 0.25) is 0 Å². The molecule has 2 aromatic carbocycles.